The molecule has 5 nitrogen and oxygen atoms in total. The van der Waals surface area contributed by atoms with Gasteiger partial charge in [0, 0.05) is 35.3 Å². The van der Waals surface area contributed by atoms with E-state index in [2.05, 4.69) is 4.90 Å². The molecule has 2 heterocycles. The molecule has 0 spiro atoms. The van der Waals surface area contributed by atoms with E-state index in [-0.39, 0.29) is 11.9 Å². The van der Waals surface area contributed by atoms with Gasteiger partial charge in [-0.2, -0.15) is 0 Å². The maximum atomic E-state index is 10.9. The van der Waals surface area contributed by atoms with Gasteiger partial charge in [-0.15, -0.1) is 0 Å². The first-order valence-corrected chi connectivity index (χ1v) is 7.36. The predicted molar refractivity (Wildman–Crippen MR) is 75.8 cm³/mol. The fraction of sp³-hybridized carbons (Fsp3) is 0.571. The van der Waals surface area contributed by atoms with Gasteiger partial charge in [-0.05, 0) is 25.3 Å². The summed E-state index contributed by atoms with van der Waals surface area (Å²) in [6.07, 6.45) is 4.34. The molecule has 1 aromatic rings. The summed E-state index contributed by atoms with van der Waals surface area (Å²) in [5, 5.41) is 11.5. The molecule has 0 N–H and O–H groups in total. The number of nitro groups is 1. The summed E-state index contributed by atoms with van der Waals surface area (Å²) >= 11 is 6.24. The van der Waals surface area contributed by atoms with E-state index in [9.17, 15) is 10.1 Å². The summed E-state index contributed by atoms with van der Waals surface area (Å²) in [7, 11) is 0. The summed E-state index contributed by atoms with van der Waals surface area (Å²) < 4.78 is 5.87. The number of benzene rings is 1. The van der Waals surface area contributed by atoms with Crippen LogP contribution in [0.4, 0.5) is 5.69 Å². The zero-order chi connectivity index (χ0) is 14.1. The molecule has 20 heavy (non-hydrogen) atoms. The van der Waals surface area contributed by atoms with Crippen molar-refractivity contribution in [3.8, 4) is 0 Å². The maximum absolute atomic E-state index is 10.9. The number of ether oxygens (including phenoxy) is 1. The second kappa shape index (κ2) is 5.68. The number of non-ortho nitro benzene ring substituents is 1. The molecule has 0 saturated carbocycles. The molecule has 108 valence electrons. The van der Waals surface area contributed by atoms with Crippen LogP contribution in [0, 0.1) is 10.1 Å². The van der Waals surface area contributed by atoms with Gasteiger partial charge in [-0.1, -0.05) is 18.0 Å². The molecule has 0 unspecified atom stereocenters. The van der Waals surface area contributed by atoms with E-state index < -0.39 is 4.92 Å². The van der Waals surface area contributed by atoms with Crippen molar-refractivity contribution in [3.63, 3.8) is 0 Å². The van der Waals surface area contributed by atoms with Crippen LogP contribution in [0.5, 0.6) is 0 Å². The third-order valence-electron chi connectivity index (χ3n) is 4.16. The lowest BCUT2D eigenvalue weighted by Gasteiger charge is -2.44. The van der Waals surface area contributed by atoms with E-state index >= 15 is 0 Å². The summed E-state index contributed by atoms with van der Waals surface area (Å²) in [6.45, 7) is 1.65. The molecular formula is C14H17ClN2O3. The number of hydrogen-bond acceptors (Lipinski definition) is 4. The first-order valence-electron chi connectivity index (χ1n) is 6.98. The van der Waals surface area contributed by atoms with E-state index in [4.69, 9.17) is 16.3 Å². The molecule has 0 radical (unpaired) electrons. The van der Waals surface area contributed by atoms with E-state index in [1.807, 2.05) is 0 Å². The second-order valence-electron chi connectivity index (χ2n) is 5.36. The Bertz CT molecular complexity index is 521. The van der Waals surface area contributed by atoms with Gasteiger partial charge in [0.2, 0.25) is 0 Å². The van der Waals surface area contributed by atoms with Crippen LogP contribution >= 0.6 is 11.6 Å². The fourth-order valence-electron chi connectivity index (χ4n) is 3.16. The monoisotopic (exact) mass is 296 g/mol. The van der Waals surface area contributed by atoms with Crippen LogP contribution in [0.15, 0.2) is 18.2 Å². The van der Waals surface area contributed by atoms with Gasteiger partial charge in [0.05, 0.1) is 11.5 Å². The van der Waals surface area contributed by atoms with Crippen LogP contribution in [-0.2, 0) is 4.74 Å². The topological polar surface area (TPSA) is 55.6 Å². The van der Waals surface area contributed by atoms with Crippen molar-refractivity contribution in [3.05, 3.63) is 38.9 Å². The summed E-state index contributed by atoms with van der Waals surface area (Å²) in [6, 6.07) is 5.08. The lowest BCUT2D eigenvalue weighted by molar-refractivity contribution is -0.385. The summed E-state index contributed by atoms with van der Waals surface area (Å²) in [5.74, 6) is 0. The molecule has 2 aliphatic heterocycles. The SMILES string of the molecule is O=[N+]([O-])c1ccc(Cl)c([C@H]2OCC[C@@H]3CCCCN32)c1. The van der Waals surface area contributed by atoms with Crippen molar-refractivity contribution in [2.24, 2.45) is 0 Å². The maximum Gasteiger partial charge on any atom is 0.269 e. The highest BCUT2D eigenvalue weighted by Gasteiger charge is 2.35. The lowest BCUT2D eigenvalue weighted by Crippen LogP contribution is -2.47. The minimum Gasteiger partial charge on any atom is -0.359 e. The highest BCUT2D eigenvalue weighted by atomic mass is 35.5. The number of halogens is 1. The van der Waals surface area contributed by atoms with Gasteiger partial charge in [0.1, 0.15) is 6.23 Å². The van der Waals surface area contributed by atoms with Crippen molar-refractivity contribution < 1.29 is 9.66 Å². The summed E-state index contributed by atoms with van der Waals surface area (Å²) in [5.41, 5.74) is 0.777. The van der Waals surface area contributed by atoms with Crippen molar-refractivity contribution >= 4 is 17.3 Å². The highest BCUT2D eigenvalue weighted by Crippen LogP contribution is 2.38. The van der Waals surface area contributed by atoms with Crippen molar-refractivity contribution in [2.75, 3.05) is 13.2 Å². The van der Waals surface area contributed by atoms with Crippen LogP contribution in [0.3, 0.4) is 0 Å². The molecule has 2 fully saturated rings. The van der Waals surface area contributed by atoms with Crippen LogP contribution in [-0.4, -0.2) is 29.0 Å². The predicted octanol–water partition coefficient (Wildman–Crippen LogP) is 3.52. The van der Waals surface area contributed by atoms with E-state index in [1.54, 1.807) is 12.1 Å². The first-order chi connectivity index (χ1) is 9.66. The number of piperidine rings is 1. The number of hydrogen-bond donors (Lipinski definition) is 0. The molecule has 0 aliphatic carbocycles. The third-order valence-corrected chi connectivity index (χ3v) is 4.50. The normalized spacial score (nSPS) is 27.1. The molecule has 1 aromatic carbocycles. The van der Waals surface area contributed by atoms with Gasteiger partial charge in [-0.3, -0.25) is 15.0 Å². The standard InChI is InChI=1S/C14H17ClN2O3/c15-13-5-4-11(17(18)19)9-12(13)14-16-7-2-1-3-10(16)6-8-20-14/h4-5,9-10,14H,1-3,6-8H2/t10-,14+/m0/s1. The zero-order valence-corrected chi connectivity index (χ0v) is 11.9. The van der Waals surface area contributed by atoms with Crippen molar-refractivity contribution in [2.45, 2.75) is 38.0 Å². The van der Waals surface area contributed by atoms with Gasteiger partial charge < -0.3 is 4.74 Å². The van der Waals surface area contributed by atoms with Crippen LogP contribution in [0.1, 0.15) is 37.5 Å². The molecule has 2 atom stereocenters. The van der Waals surface area contributed by atoms with E-state index in [0.29, 0.717) is 23.2 Å². The number of rotatable bonds is 2. The van der Waals surface area contributed by atoms with Gasteiger partial charge in [-0.25, -0.2) is 0 Å². The molecule has 0 aromatic heterocycles. The van der Waals surface area contributed by atoms with Gasteiger partial charge >= 0.3 is 0 Å². The van der Waals surface area contributed by atoms with Crippen LogP contribution in [0.25, 0.3) is 0 Å². The largest absolute Gasteiger partial charge is 0.359 e. The van der Waals surface area contributed by atoms with Crippen LogP contribution in [0.2, 0.25) is 5.02 Å². The minimum atomic E-state index is -0.393. The Balaban J connectivity index is 1.94. The van der Waals surface area contributed by atoms with E-state index in [1.165, 1.54) is 18.9 Å². The van der Waals surface area contributed by atoms with Crippen molar-refractivity contribution in [1.29, 1.82) is 0 Å². The Hall–Kier alpha value is -1.17. The third kappa shape index (κ3) is 2.53. The van der Waals surface area contributed by atoms with E-state index in [0.717, 1.165) is 19.4 Å². The fourth-order valence-corrected chi connectivity index (χ4v) is 3.37. The Morgan fingerprint density at radius 1 is 1.35 bits per heavy atom. The Morgan fingerprint density at radius 2 is 2.20 bits per heavy atom. The molecule has 2 saturated heterocycles. The molecule has 0 amide bonds. The average molecular weight is 297 g/mol. The number of fused-ring (bicyclic) bond motifs is 1. The van der Waals surface area contributed by atoms with Crippen LogP contribution < -0.4 is 0 Å². The average Bonchev–Trinajstić information content (AvgIpc) is 2.47. The zero-order valence-electron chi connectivity index (χ0n) is 11.1. The van der Waals surface area contributed by atoms with Gasteiger partial charge in [0.15, 0.2) is 0 Å². The van der Waals surface area contributed by atoms with Crippen molar-refractivity contribution in [1.82, 2.24) is 4.90 Å². The second-order valence-corrected chi connectivity index (χ2v) is 5.77. The Labute approximate surface area is 122 Å². The number of nitrogens with zero attached hydrogens (tertiary/aromatic N) is 2. The molecule has 6 heteroatoms. The smallest absolute Gasteiger partial charge is 0.269 e. The lowest BCUT2D eigenvalue weighted by atomic mass is 9.96. The number of nitro benzene ring substituents is 1. The summed E-state index contributed by atoms with van der Waals surface area (Å²) in [4.78, 5) is 12.8. The Kier molecular flexibility index (Phi) is 3.92. The molecule has 3 rings (SSSR count). The first kappa shape index (κ1) is 13.8. The Morgan fingerprint density at radius 3 is 3.00 bits per heavy atom. The minimum absolute atomic E-state index is 0.0622. The quantitative estimate of drug-likeness (QED) is 0.619. The van der Waals surface area contributed by atoms with Gasteiger partial charge in [0.25, 0.3) is 5.69 Å². The molecule has 2 aliphatic rings. The molecule has 0 bridgehead atoms. The molecular weight excluding hydrogens is 280 g/mol. The highest BCUT2D eigenvalue weighted by molar-refractivity contribution is 6.31.